The van der Waals surface area contributed by atoms with Crippen molar-refractivity contribution in [1.82, 2.24) is 9.80 Å². The second kappa shape index (κ2) is 11.5. The molecule has 0 atom stereocenters. The van der Waals surface area contributed by atoms with Crippen LogP contribution in [-0.2, 0) is 15.8 Å². The van der Waals surface area contributed by atoms with Crippen molar-refractivity contribution in [2.75, 3.05) is 57.0 Å². The number of alkyl halides is 3. The molecule has 1 fully saturated rings. The van der Waals surface area contributed by atoms with E-state index < -0.39 is 22.7 Å². The summed E-state index contributed by atoms with van der Waals surface area (Å²) < 4.78 is 44.2. The van der Waals surface area contributed by atoms with Gasteiger partial charge >= 0.3 is 6.18 Å². The molecule has 34 heavy (non-hydrogen) atoms. The maximum absolute atomic E-state index is 13.0. The Morgan fingerprint density at radius 2 is 1.68 bits per heavy atom. The molecular formula is C23H26ClF3N4O3. The van der Waals surface area contributed by atoms with E-state index in [0.717, 1.165) is 12.1 Å². The molecule has 11 heteroatoms. The number of carbonyl (C=O) groups excluding carboxylic acids is 2. The molecule has 184 valence electrons. The number of anilines is 2. The molecular weight excluding hydrogens is 473 g/mol. The molecule has 3 rings (SSSR count). The fourth-order valence-corrected chi connectivity index (χ4v) is 3.84. The summed E-state index contributed by atoms with van der Waals surface area (Å²) in [7, 11) is 1.54. The van der Waals surface area contributed by atoms with Crippen LogP contribution in [0.5, 0.6) is 5.75 Å². The summed E-state index contributed by atoms with van der Waals surface area (Å²) in [4.78, 5) is 28.6. The average molecular weight is 499 g/mol. The number of piperazine rings is 1. The van der Waals surface area contributed by atoms with Crippen molar-refractivity contribution in [3.05, 3.63) is 53.1 Å². The minimum atomic E-state index is -4.60. The van der Waals surface area contributed by atoms with Gasteiger partial charge in [-0.3, -0.25) is 14.5 Å². The second-order valence-corrected chi connectivity index (χ2v) is 8.26. The molecule has 1 heterocycles. The first kappa shape index (κ1) is 25.8. The van der Waals surface area contributed by atoms with E-state index in [4.69, 9.17) is 16.3 Å². The Labute approximate surface area is 200 Å². The standard InChI is InChI=1S/C23H26ClF3N4O3/c1-34-20-5-3-2-4-19(20)29-21(32)8-9-30-10-12-31(13-11-30)15-22(33)28-16-6-7-18(24)17(14-16)23(25,26)27/h2-7,14H,8-13,15H2,1H3,(H,28,33)(H,29,32). The Kier molecular flexibility index (Phi) is 8.76. The van der Waals surface area contributed by atoms with E-state index in [2.05, 4.69) is 15.5 Å². The molecule has 0 aliphatic carbocycles. The van der Waals surface area contributed by atoms with Crippen LogP contribution in [0.25, 0.3) is 0 Å². The van der Waals surface area contributed by atoms with Gasteiger partial charge in [-0.1, -0.05) is 23.7 Å². The van der Waals surface area contributed by atoms with Crippen LogP contribution in [0.1, 0.15) is 12.0 Å². The summed E-state index contributed by atoms with van der Waals surface area (Å²) >= 11 is 5.61. The van der Waals surface area contributed by atoms with Crippen molar-refractivity contribution in [2.24, 2.45) is 0 Å². The summed E-state index contributed by atoms with van der Waals surface area (Å²) in [5.74, 6) is 0.0727. The Morgan fingerprint density at radius 1 is 1.00 bits per heavy atom. The van der Waals surface area contributed by atoms with Crippen molar-refractivity contribution >= 4 is 34.8 Å². The van der Waals surface area contributed by atoms with E-state index >= 15 is 0 Å². The zero-order valence-electron chi connectivity index (χ0n) is 18.6. The van der Waals surface area contributed by atoms with Gasteiger partial charge in [0.15, 0.2) is 0 Å². The van der Waals surface area contributed by atoms with E-state index in [1.807, 2.05) is 17.0 Å². The molecule has 2 amide bonds. The van der Waals surface area contributed by atoms with Gasteiger partial charge in [0, 0.05) is 44.8 Å². The first-order chi connectivity index (χ1) is 16.2. The van der Waals surface area contributed by atoms with Gasteiger partial charge in [-0.05, 0) is 30.3 Å². The number of methoxy groups -OCH3 is 1. The lowest BCUT2D eigenvalue weighted by atomic mass is 10.2. The molecule has 0 bridgehead atoms. The minimum Gasteiger partial charge on any atom is -0.495 e. The van der Waals surface area contributed by atoms with Gasteiger partial charge in [-0.2, -0.15) is 13.2 Å². The number of rotatable bonds is 8. The van der Waals surface area contributed by atoms with Crippen LogP contribution in [0.2, 0.25) is 5.02 Å². The second-order valence-electron chi connectivity index (χ2n) is 7.86. The van der Waals surface area contributed by atoms with Crippen molar-refractivity contribution in [2.45, 2.75) is 12.6 Å². The van der Waals surface area contributed by atoms with E-state index in [0.29, 0.717) is 50.6 Å². The van der Waals surface area contributed by atoms with Gasteiger partial charge in [0.1, 0.15) is 5.75 Å². The molecule has 1 aliphatic rings. The van der Waals surface area contributed by atoms with E-state index in [9.17, 15) is 22.8 Å². The van der Waals surface area contributed by atoms with Crippen LogP contribution in [0.3, 0.4) is 0 Å². The third kappa shape index (κ3) is 7.34. The molecule has 2 aromatic rings. The number of benzene rings is 2. The summed E-state index contributed by atoms with van der Waals surface area (Å²) in [6.07, 6.45) is -4.28. The normalized spacial score (nSPS) is 15.1. The van der Waals surface area contributed by atoms with Crippen LogP contribution >= 0.6 is 11.6 Å². The summed E-state index contributed by atoms with van der Waals surface area (Å²) in [5.41, 5.74) is -0.328. The topological polar surface area (TPSA) is 73.9 Å². The molecule has 0 saturated carbocycles. The first-order valence-electron chi connectivity index (χ1n) is 10.7. The number of hydrogen-bond donors (Lipinski definition) is 2. The van der Waals surface area contributed by atoms with Crippen molar-refractivity contribution in [1.29, 1.82) is 0 Å². The predicted octanol–water partition coefficient (Wildman–Crippen LogP) is 3.95. The van der Waals surface area contributed by atoms with Crippen LogP contribution in [0.4, 0.5) is 24.5 Å². The number of amides is 2. The SMILES string of the molecule is COc1ccccc1NC(=O)CCN1CCN(CC(=O)Nc2ccc(Cl)c(C(F)(F)F)c2)CC1. The molecule has 0 unspecified atom stereocenters. The molecule has 0 aromatic heterocycles. The highest BCUT2D eigenvalue weighted by Gasteiger charge is 2.33. The third-order valence-electron chi connectivity index (χ3n) is 5.42. The number of nitrogens with one attached hydrogen (secondary N) is 2. The van der Waals surface area contributed by atoms with E-state index in [1.54, 1.807) is 19.2 Å². The smallest absolute Gasteiger partial charge is 0.417 e. The van der Waals surface area contributed by atoms with Gasteiger partial charge in [-0.15, -0.1) is 0 Å². The molecule has 1 saturated heterocycles. The van der Waals surface area contributed by atoms with Crippen molar-refractivity contribution in [3.63, 3.8) is 0 Å². The Morgan fingerprint density at radius 3 is 2.35 bits per heavy atom. The highest BCUT2D eigenvalue weighted by molar-refractivity contribution is 6.31. The lowest BCUT2D eigenvalue weighted by Crippen LogP contribution is -2.49. The van der Waals surface area contributed by atoms with Gasteiger partial charge in [0.05, 0.1) is 29.9 Å². The van der Waals surface area contributed by atoms with Crippen molar-refractivity contribution < 1.29 is 27.5 Å². The van der Waals surface area contributed by atoms with Gasteiger partial charge in [0.25, 0.3) is 0 Å². The number of hydrogen-bond acceptors (Lipinski definition) is 5. The zero-order chi connectivity index (χ0) is 24.7. The number of halogens is 4. The quantitative estimate of drug-likeness (QED) is 0.576. The van der Waals surface area contributed by atoms with Crippen LogP contribution < -0.4 is 15.4 Å². The Bertz CT molecular complexity index is 1010. The predicted molar refractivity (Wildman–Crippen MR) is 124 cm³/mol. The molecule has 2 N–H and O–H groups in total. The van der Waals surface area contributed by atoms with Gasteiger partial charge in [0.2, 0.25) is 11.8 Å². The number of para-hydroxylation sites is 2. The fourth-order valence-electron chi connectivity index (χ4n) is 3.62. The van der Waals surface area contributed by atoms with Crippen LogP contribution in [-0.4, -0.2) is 68.0 Å². The van der Waals surface area contributed by atoms with Crippen LogP contribution in [0.15, 0.2) is 42.5 Å². The summed E-state index contributed by atoms with van der Waals surface area (Å²) in [6.45, 7) is 3.20. The van der Waals surface area contributed by atoms with Gasteiger partial charge in [-0.25, -0.2) is 0 Å². The molecule has 0 spiro atoms. The third-order valence-corrected chi connectivity index (χ3v) is 5.75. The summed E-state index contributed by atoms with van der Waals surface area (Å²) in [5, 5.41) is 4.92. The van der Waals surface area contributed by atoms with E-state index in [-0.39, 0.29) is 18.1 Å². The largest absolute Gasteiger partial charge is 0.495 e. The lowest BCUT2D eigenvalue weighted by molar-refractivity contribution is -0.137. The molecule has 7 nitrogen and oxygen atoms in total. The highest BCUT2D eigenvalue weighted by Crippen LogP contribution is 2.36. The van der Waals surface area contributed by atoms with E-state index in [1.165, 1.54) is 6.07 Å². The Hall–Kier alpha value is -2.82. The minimum absolute atomic E-state index is 0.0430. The van der Waals surface area contributed by atoms with Crippen molar-refractivity contribution in [3.8, 4) is 5.75 Å². The summed E-state index contributed by atoms with van der Waals surface area (Å²) in [6, 6.07) is 10.5. The molecule has 1 aliphatic heterocycles. The first-order valence-corrected chi connectivity index (χ1v) is 11.1. The molecule has 2 aromatic carbocycles. The fraction of sp³-hybridized carbons (Fsp3) is 0.391. The highest BCUT2D eigenvalue weighted by atomic mass is 35.5. The number of carbonyl (C=O) groups is 2. The monoisotopic (exact) mass is 498 g/mol. The number of ether oxygens (including phenoxy) is 1. The maximum Gasteiger partial charge on any atom is 0.417 e. The van der Waals surface area contributed by atoms with Crippen LogP contribution in [0, 0.1) is 0 Å². The molecule has 0 radical (unpaired) electrons. The Balaban J connectivity index is 1.40. The zero-order valence-corrected chi connectivity index (χ0v) is 19.4. The van der Waals surface area contributed by atoms with Gasteiger partial charge < -0.3 is 20.3 Å². The maximum atomic E-state index is 13.0. The lowest BCUT2D eigenvalue weighted by Gasteiger charge is -2.34. The average Bonchev–Trinajstić information content (AvgIpc) is 2.79. The number of nitrogens with zero attached hydrogens (tertiary/aromatic N) is 2.